The van der Waals surface area contributed by atoms with Crippen molar-refractivity contribution < 1.29 is 33.4 Å². The minimum Gasteiger partial charge on any atom is -0.466 e. The summed E-state index contributed by atoms with van der Waals surface area (Å²) in [7, 11) is 0. The molecule has 2 heterocycles. The zero-order valence-electron chi connectivity index (χ0n) is 23.5. The molecule has 4 rings (SSSR count). The number of thioether (sulfide) groups is 1. The molecule has 9 nitrogen and oxygen atoms in total. The maximum absolute atomic E-state index is 13.9. The van der Waals surface area contributed by atoms with Gasteiger partial charge >= 0.3 is 18.0 Å². The average Bonchev–Trinajstić information content (AvgIpc) is 2.93. The second-order valence-electron chi connectivity index (χ2n) is 10.5. The highest BCUT2D eigenvalue weighted by Gasteiger charge is 2.54. The van der Waals surface area contributed by atoms with Gasteiger partial charge in [-0.25, -0.2) is 9.59 Å². The number of β-lactam (4-membered cyclic amide) rings is 1. The summed E-state index contributed by atoms with van der Waals surface area (Å²) in [6, 6.07) is 17.9. The zero-order valence-corrected chi connectivity index (χ0v) is 24.3. The van der Waals surface area contributed by atoms with E-state index in [0.29, 0.717) is 17.7 Å². The highest BCUT2D eigenvalue weighted by Crippen LogP contribution is 2.42. The second-order valence-corrected chi connectivity index (χ2v) is 11.7. The summed E-state index contributed by atoms with van der Waals surface area (Å²) >= 11 is 1.43. The first-order chi connectivity index (χ1) is 19.5. The summed E-state index contributed by atoms with van der Waals surface area (Å²) in [6.07, 6.45) is 2.58. The highest BCUT2D eigenvalue weighted by molar-refractivity contribution is 8.00. The Morgan fingerprint density at radius 2 is 1.66 bits per heavy atom. The van der Waals surface area contributed by atoms with Crippen LogP contribution in [0.3, 0.4) is 0 Å². The van der Waals surface area contributed by atoms with Crippen molar-refractivity contribution in [3.05, 3.63) is 95.2 Å². The van der Waals surface area contributed by atoms with E-state index < -0.39 is 41.1 Å². The molecule has 2 atom stereocenters. The molecule has 0 aromatic heterocycles. The third-order valence-corrected chi connectivity index (χ3v) is 7.50. The van der Waals surface area contributed by atoms with Gasteiger partial charge in [-0.1, -0.05) is 72.8 Å². The number of nitrogens with one attached hydrogen (secondary N) is 1. The Hall–Kier alpha value is -4.05. The SMILES string of the molecule is CC(=O)OCC/C=C/C1=C(C(=O)OC(c2ccccc2)c2ccccc2)N2C(=O)[C@@H](NC(=O)OC(C)(C)C)[C@H]2SC1. The number of amides is 2. The zero-order chi connectivity index (χ0) is 29.6. The molecule has 1 fully saturated rings. The smallest absolute Gasteiger partial charge is 0.408 e. The Balaban J connectivity index is 1.62. The summed E-state index contributed by atoms with van der Waals surface area (Å²) in [5.41, 5.74) is 1.57. The summed E-state index contributed by atoms with van der Waals surface area (Å²) in [5.74, 6) is -1.06. The molecule has 0 aliphatic carbocycles. The first-order valence-electron chi connectivity index (χ1n) is 13.3. The largest absolute Gasteiger partial charge is 0.466 e. The molecule has 2 aromatic carbocycles. The van der Waals surface area contributed by atoms with E-state index in [9.17, 15) is 19.2 Å². The van der Waals surface area contributed by atoms with Crippen molar-refractivity contribution in [1.82, 2.24) is 10.2 Å². The molecule has 2 aliphatic heterocycles. The molecule has 0 saturated carbocycles. The number of esters is 2. The van der Waals surface area contributed by atoms with Crippen LogP contribution >= 0.6 is 11.8 Å². The summed E-state index contributed by atoms with van der Waals surface area (Å²) in [4.78, 5) is 52.1. The molecule has 10 heteroatoms. The Bertz CT molecular complexity index is 1300. The lowest BCUT2D eigenvalue weighted by Gasteiger charge is -2.49. The fraction of sp³-hybridized carbons (Fsp3) is 0.355. The lowest BCUT2D eigenvalue weighted by atomic mass is 10.0. The predicted molar refractivity (Wildman–Crippen MR) is 154 cm³/mol. The molecule has 2 aromatic rings. The van der Waals surface area contributed by atoms with Crippen LogP contribution in [0.15, 0.2) is 84.1 Å². The van der Waals surface area contributed by atoms with E-state index in [0.717, 1.165) is 11.1 Å². The van der Waals surface area contributed by atoms with E-state index in [-0.39, 0.29) is 18.3 Å². The van der Waals surface area contributed by atoms with Gasteiger partial charge < -0.3 is 19.5 Å². The maximum Gasteiger partial charge on any atom is 0.408 e. The third kappa shape index (κ3) is 7.58. The van der Waals surface area contributed by atoms with Gasteiger partial charge in [-0.05, 0) is 43.9 Å². The number of nitrogens with zero attached hydrogens (tertiary/aromatic N) is 1. The van der Waals surface area contributed by atoms with Gasteiger partial charge in [0.25, 0.3) is 5.91 Å². The number of carbonyl (C=O) groups excluding carboxylic acids is 4. The highest BCUT2D eigenvalue weighted by atomic mass is 32.2. The van der Waals surface area contributed by atoms with E-state index in [4.69, 9.17) is 14.2 Å². The van der Waals surface area contributed by atoms with Gasteiger partial charge in [-0.3, -0.25) is 14.5 Å². The minimum absolute atomic E-state index is 0.126. The Kier molecular flexibility index (Phi) is 9.54. The van der Waals surface area contributed by atoms with Crippen LogP contribution in [0.1, 0.15) is 51.3 Å². The van der Waals surface area contributed by atoms with Gasteiger partial charge in [0, 0.05) is 12.7 Å². The topological polar surface area (TPSA) is 111 Å². The molecule has 1 saturated heterocycles. The second kappa shape index (κ2) is 13.1. The maximum atomic E-state index is 13.9. The normalized spacial score (nSPS) is 18.6. The van der Waals surface area contributed by atoms with Crippen LogP contribution in [0.4, 0.5) is 4.79 Å². The van der Waals surface area contributed by atoms with Crippen molar-refractivity contribution in [3.63, 3.8) is 0 Å². The Labute approximate surface area is 243 Å². The molecular weight excluding hydrogens is 544 g/mol. The summed E-state index contributed by atoms with van der Waals surface area (Å²) < 4.78 is 16.4. The van der Waals surface area contributed by atoms with Crippen molar-refractivity contribution in [1.29, 1.82) is 0 Å². The predicted octanol–water partition coefficient (Wildman–Crippen LogP) is 4.89. The van der Waals surface area contributed by atoms with Crippen molar-refractivity contribution in [2.24, 2.45) is 0 Å². The van der Waals surface area contributed by atoms with E-state index >= 15 is 0 Å². The van der Waals surface area contributed by atoms with Crippen LogP contribution < -0.4 is 5.32 Å². The number of rotatable bonds is 9. The summed E-state index contributed by atoms with van der Waals surface area (Å²) in [6.45, 7) is 6.76. The van der Waals surface area contributed by atoms with Crippen LogP contribution in [0.2, 0.25) is 0 Å². The fourth-order valence-corrected chi connectivity index (χ4v) is 5.76. The number of alkyl carbamates (subject to hydrolysis) is 1. The van der Waals surface area contributed by atoms with Crippen LogP contribution in [0.25, 0.3) is 0 Å². The Morgan fingerprint density at radius 1 is 1.05 bits per heavy atom. The molecular formula is C31H34N2O7S. The standard InChI is InChI=1S/C31H34N2O7S/c1-20(34)38-18-12-11-17-23-19-41-28-24(32-30(37)40-31(2,3)4)27(35)33(28)25(23)29(36)39-26(21-13-7-5-8-14-21)22-15-9-6-10-16-22/h5-11,13-17,24,26,28H,12,18-19H2,1-4H3,(H,32,37)/b17-11+/t24-,28-/m1/s1. The minimum atomic E-state index is -0.841. The van der Waals surface area contributed by atoms with E-state index in [1.165, 1.54) is 23.6 Å². The van der Waals surface area contributed by atoms with Crippen molar-refractivity contribution in [2.75, 3.05) is 12.4 Å². The number of fused-ring (bicyclic) bond motifs is 1. The lowest BCUT2D eigenvalue weighted by molar-refractivity contribution is -0.153. The van der Waals surface area contributed by atoms with Crippen LogP contribution in [-0.2, 0) is 28.6 Å². The number of carbonyl (C=O) groups is 4. The van der Waals surface area contributed by atoms with E-state index in [1.807, 2.05) is 60.7 Å². The number of ether oxygens (including phenoxy) is 3. The average molecular weight is 579 g/mol. The van der Waals surface area contributed by atoms with Crippen LogP contribution in [-0.4, -0.2) is 58.2 Å². The molecule has 0 spiro atoms. The van der Waals surface area contributed by atoms with Gasteiger partial charge in [0.15, 0.2) is 6.10 Å². The van der Waals surface area contributed by atoms with E-state index in [2.05, 4.69) is 5.32 Å². The molecule has 1 N–H and O–H groups in total. The third-order valence-electron chi connectivity index (χ3n) is 6.20. The van der Waals surface area contributed by atoms with Crippen LogP contribution in [0.5, 0.6) is 0 Å². The molecule has 0 unspecified atom stereocenters. The molecule has 2 amide bonds. The number of hydrogen-bond donors (Lipinski definition) is 1. The summed E-state index contributed by atoms with van der Waals surface area (Å²) in [5, 5.41) is 2.15. The first-order valence-corrected chi connectivity index (χ1v) is 14.4. The van der Waals surface area contributed by atoms with Crippen molar-refractivity contribution in [3.8, 4) is 0 Å². The molecule has 0 radical (unpaired) electrons. The molecule has 216 valence electrons. The number of benzene rings is 2. The van der Waals surface area contributed by atoms with Crippen molar-refractivity contribution >= 4 is 35.7 Å². The molecule has 0 bridgehead atoms. The quantitative estimate of drug-likeness (QED) is 0.194. The lowest BCUT2D eigenvalue weighted by Crippen LogP contribution is -2.70. The monoisotopic (exact) mass is 578 g/mol. The van der Waals surface area contributed by atoms with Gasteiger partial charge in [0.05, 0.1) is 6.61 Å². The van der Waals surface area contributed by atoms with Gasteiger partial charge in [-0.2, -0.15) is 0 Å². The number of allylic oxidation sites excluding steroid dienone is 1. The fourth-order valence-electron chi connectivity index (χ4n) is 4.44. The first kappa shape index (κ1) is 29.9. The number of hydrogen-bond acceptors (Lipinski definition) is 8. The van der Waals surface area contributed by atoms with Gasteiger partial charge in [0.1, 0.15) is 22.7 Å². The van der Waals surface area contributed by atoms with Crippen LogP contribution in [0, 0.1) is 0 Å². The molecule has 41 heavy (non-hydrogen) atoms. The Morgan fingerprint density at radius 3 is 2.22 bits per heavy atom. The van der Waals surface area contributed by atoms with Crippen molar-refractivity contribution in [2.45, 2.75) is 57.2 Å². The van der Waals surface area contributed by atoms with Gasteiger partial charge in [-0.15, -0.1) is 11.8 Å². The van der Waals surface area contributed by atoms with Gasteiger partial charge in [0.2, 0.25) is 0 Å². The molecule has 2 aliphatic rings. The van der Waals surface area contributed by atoms with E-state index in [1.54, 1.807) is 32.9 Å².